The monoisotopic (exact) mass is 309 g/mol. The summed E-state index contributed by atoms with van der Waals surface area (Å²) in [5.41, 5.74) is 2.06. The zero-order chi connectivity index (χ0) is 13.1. The molecule has 0 heterocycles. The average molecular weight is 310 g/mol. The Morgan fingerprint density at radius 3 is 2.83 bits per heavy atom. The molecular weight excluding hydrogens is 294 g/mol. The van der Waals surface area contributed by atoms with E-state index in [-0.39, 0.29) is 0 Å². The highest BCUT2D eigenvalue weighted by molar-refractivity contribution is 9.10. The summed E-state index contributed by atoms with van der Waals surface area (Å²) in [6, 6.07) is 6.56. The van der Waals surface area contributed by atoms with Crippen LogP contribution in [0.2, 0.25) is 0 Å². The van der Waals surface area contributed by atoms with Crippen LogP contribution in [-0.4, -0.2) is 23.7 Å². The van der Waals surface area contributed by atoms with Crippen LogP contribution in [0.5, 0.6) is 0 Å². The minimum absolute atomic E-state index is 0.612. The van der Waals surface area contributed by atoms with Crippen LogP contribution in [0.1, 0.15) is 25.3 Å². The van der Waals surface area contributed by atoms with Crippen molar-refractivity contribution in [2.75, 3.05) is 11.4 Å². The van der Waals surface area contributed by atoms with Crippen molar-refractivity contribution in [3.05, 3.63) is 34.3 Å². The van der Waals surface area contributed by atoms with E-state index in [1.54, 1.807) is 6.08 Å². The molecule has 0 unspecified atom stereocenters. The van der Waals surface area contributed by atoms with Crippen molar-refractivity contribution in [3.8, 4) is 0 Å². The van der Waals surface area contributed by atoms with Gasteiger partial charge < -0.3 is 10.0 Å². The molecule has 1 aromatic carbocycles. The summed E-state index contributed by atoms with van der Waals surface area (Å²) < 4.78 is 1.02. The Labute approximate surface area is 115 Å². The molecule has 0 aromatic heterocycles. The average Bonchev–Trinajstić information content (AvgIpc) is 3.13. The topological polar surface area (TPSA) is 40.5 Å². The molecule has 1 fully saturated rings. The number of benzene rings is 1. The lowest BCUT2D eigenvalue weighted by molar-refractivity contribution is -0.131. The lowest BCUT2D eigenvalue weighted by atomic mass is 10.1. The number of anilines is 1. The van der Waals surface area contributed by atoms with Crippen LogP contribution >= 0.6 is 15.9 Å². The summed E-state index contributed by atoms with van der Waals surface area (Å²) in [4.78, 5) is 13.0. The highest BCUT2D eigenvalue weighted by Crippen LogP contribution is 2.35. The molecule has 0 bridgehead atoms. The van der Waals surface area contributed by atoms with E-state index >= 15 is 0 Å². The van der Waals surface area contributed by atoms with E-state index in [1.807, 2.05) is 12.1 Å². The maximum Gasteiger partial charge on any atom is 0.328 e. The third-order valence-electron chi connectivity index (χ3n) is 3.04. The van der Waals surface area contributed by atoms with Gasteiger partial charge >= 0.3 is 5.97 Å². The van der Waals surface area contributed by atoms with Crippen molar-refractivity contribution in [2.45, 2.75) is 25.8 Å². The summed E-state index contributed by atoms with van der Waals surface area (Å²) in [5, 5.41) is 8.73. The van der Waals surface area contributed by atoms with Crippen LogP contribution in [0.3, 0.4) is 0 Å². The van der Waals surface area contributed by atoms with Gasteiger partial charge in [-0.25, -0.2) is 4.79 Å². The van der Waals surface area contributed by atoms with Gasteiger partial charge in [0.25, 0.3) is 0 Å². The molecule has 18 heavy (non-hydrogen) atoms. The third kappa shape index (κ3) is 3.13. The maximum absolute atomic E-state index is 10.6. The molecular formula is C14H16BrNO2. The van der Waals surface area contributed by atoms with Crippen LogP contribution in [0.25, 0.3) is 6.08 Å². The molecule has 1 N–H and O–H groups in total. The first-order chi connectivity index (χ1) is 8.61. The standard InChI is InChI=1S/C14H16BrNO2/c1-2-16(12-6-7-12)13-9-11(15)5-3-10(13)4-8-14(17)18/h3-5,8-9,12H,2,6-7H2,1H3,(H,17,18)/b8-4+. The molecule has 0 atom stereocenters. The lowest BCUT2D eigenvalue weighted by Crippen LogP contribution is -2.25. The molecule has 1 aliphatic rings. The fourth-order valence-corrected chi connectivity index (χ4v) is 2.43. The Hall–Kier alpha value is -1.29. The second-order valence-electron chi connectivity index (χ2n) is 4.39. The molecule has 1 saturated carbocycles. The van der Waals surface area contributed by atoms with E-state index in [1.165, 1.54) is 18.9 Å². The number of hydrogen-bond acceptors (Lipinski definition) is 2. The Kier molecular flexibility index (Phi) is 4.07. The second kappa shape index (κ2) is 5.57. The van der Waals surface area contributed by atoms with Crippen LogP contribution < -0.4 is 4.90 Å². The number of rotatable bonds is 5. The Bertz CT molecular complexity index is 481. The molecule has 2 rings (SSSR count). The first kappa shape index (κ1) is 13.1. The maximum atomic E-state index is 10.6. The molecule has 3 nitrogen and oxygen atoms in total. The SMILES string of the molecule is CCN(c1cc(Br)ccc1/C=C/C(=O)O)C1CC1. The smallest absolute Gasteiger partial charge is 0.328 e. The summed E-state index contributed by atoms with van der Waals surface area (Å²) in [6.45, 7) is 3.07. The van der Waals surface area contributed by atoms with Gasteiger partial charge in [0.05, 0.1) is 0 Å². The highest BCUT2D eigenvalue weighted by atomic mass is 79.9. The Morgan fingerprint density at radius 1 is 1.56 bits per heavy atom. The van der Waals surface area contributed by atoms with E-state index in [9.17, 15) is 4.79 Å². The molecule has 96 valence electrons. The number of hydrogen-bond donors (Lipinski definition) is 1. The van der Waals surface area contributed by atoms with Gasteiger partial charge in [-0.1, -0.05) is 22.0 Å². The first-order valence-corrected chi connectivity index (χ1v) is 6.88. The van der Waals surface area contributed by atoms with E-state index in [2.05, 4.69) is 33.8 Å². The minimum atomic E-state index is -0.918. The predicted molar refractivity (Wildman–Crippen MR) is 76.9 cm³/mol. The lowest BCUT2D eigenvalue weighted by Gasteiger charge is -2.25. The van der Waals surface area contributed by atoms with Gasteiger partial charge in [-0.2, -0.15) is 0 Å². The number of aliphatic carboxylic acids is 1. The predicted octanol–water partition coefficient (Wildman–Crippen LogP) is 3.54. The van der Waals surface area contributed by atoms with Crippen molar-refractivity contribution < 1.29 is 9.90 Å². The normalized spacial score (nSPS) is 15.0. The molecule has 0 radical (unpaired) electrons. The second-order valence-corrected chi connectivity index (χ2v) is 5.31. The zero-order valence-corrected chi connectivity index (χ0v) is 11.9. The summed E-state index contributed by atoms with van der Waals surface area (Å²) in [7, 11) is 0. The first-order valence-electron chi connectivity index (χ1n) is 6.09. The molecule has 1 aliphatic carbocycles. The van der Waals surface area contributed by atoms with Gasteiger partial charge in [-0.15, -0.1) is 0 Å². The number of carboxylic acids is 1. The van der Waals surface area contributed by atoms with Gasteiger partial charge in [-0.3, -0.25) is 0 Å². The Morgan fingerprint density at radius 2 is 2.28 bits per heavy atom. The van der Waals surface area contributed by atoms with E-state index in [0.29, 0.717) is 6.04 Å². The van der Waals surface area contributed by atoms with Crippen molar-refractivity contribution >= 4 is 33.7 Å². The summed E-state index contributed by atoms with van der Waals surface area (Å²) >= 11 is 3.48. The van der Waals surface area contributed by atoms with Gasteiger partial charge in [0.15, 0.2) is 0 Å². The molecule has 0 amide bonds. The summed E-state index contributed by atoms with van der Waals surface area (Å²) in [5.74, 6) is -0.918. The van der Waals surface area contributed by atoms with Crippen molar-refractivity contribution in [1.82, 2.24) is 0 Å². The van der Waals surface area contributed by atoms with Gasteiger partial charge in [-0.05, 0) is 43.5 Å². The number of carbonyl (C=O) groups is 1. The van der Waals surface area contributed by atoms with Crippen LogP contribution in [0, 0.1) is 0 Å². The van der Waals surface area contributed by atoms with Crippen molar-refractivity contribution in [1.29, 1.82) is 0 Å². The van der Waals surface area contributed by atoms with E-state index < -0.39 is 5.97 Å². The molecule has 0 spiro atoms. The Balaban J connectivity index is 2.35. The molecule has 0 aliphatic heterocycles. The zero-order valence-electron chi connectivity index (χ0n) is 10.3. The number of halogens is 1. The van der Waals surface area contributed by atoms with Gasteiger partial charge in [0.1, 0.15) is 0 Å². The van der Waals surface area contributed by atoms with Crippen LogP contribution in [0.15, 0.2) is 28.7 Å². The van der Waals surface area contributed by atoms with E-state index in [4.69, 9.17) is 5.11 Å². The fraction of sp³-hybridized carbons (Fsp3) is 0.357. The van der Waals surface area contributed by atoms with Crippen LogP contribution in [-0.2, 0) is 4.79 Å². The van der Waals surface area contributed by atoms with Crippen molar-refractivity contribution in [2.24, 2.45) is 0 Å². The summed E-state index contributed by atoms with van der Waals surface area (Å²) in [6.07, 6.45) is 5.30. The molecule has 0 saturated heterocycles. The van der Waals surface area contributed by atoms with Gasteiger partial charge in [0.2, 0.25) is 0 Å². The fourth-order valence-electron chi connectivity index (χ4n) is 2.08. The number of nitrogens with zero attached hydrogens (tertiary/aromatic N) is 1. The van der Waals surface area contributed by atoms with E-state index in [0.717, 1.165) is 22.3 Å². The highest BCUT2D eigenvalue weighted by Gasteiger charge is 2.29. The number of carboxylic acid groups (broad SMARTS) is 1. The van der Waals surface area contributed by atoms with Crippen LogP contribution in [0.4, 0.5) is 5.69 Å². The van der Waals surface area contributed by atoms with Gasteiger partial charge in [0, 0.05) is 28.8 Å². The third-order valence-corrected chi connectivity index (χ3v) is 3.53. The van der Waals surface area contributed by atoms with Crippen molar-refractivity contribution in [3.63, 3.8) is 0 Å². The molecule has 1 aromatic rings. The minimum Gasteiger partial charge on any atom is -0.478 e. The quantitative estimate of drug-likeness (QED) is 0.846. The molecule has 4 heteroatoms. The largest absolute Gasteiger partial charge is 0.478 e.